The molecule has 28 heavy (non-hydrogen) atoms. The fourth-order valence-electron chi connectivity index (χ4n) is 3.94. The summed E-state index contributed by atoms with van der Waals surface area (Å²) in [5.41, 5.74) is -0.112. The van der Waals surface area contributed by atoms with Gasteiger partial charge in [-0.05, 0) is 37.6 Å². The number of halogens is 4. The molecule has 0 bridgehead atoms. The monoisotopic (exact) mass is 432 g/mol. The number of anilines is 1. The lowest BCUT2D eigenvalue weighted by molar-refractivity contribution is -0.173. The highest BCUT2D eigenvalue weighted by Crippen LogP contribution is 2.47. The number of alkyl halides is 3. The van der Waals surface area contributed by atoms with Crippen LogP contribution in [0.15, 0.2) is 17.5 Å². The van der Waals surface area contributed by atoms with Crippen molar-refractivity contribution in [2.75, 3.05) is 11.9 Å². The maximum Gasteiger partial charge on any atom is 0.410 e. The summed E-state index contributed by atoms with van der Waals surface area (Å²) in [4.78, 5) is 15.4. The van der Waals surface area contributed by atoms with Gasteiger partial charge in [-0.3, -0.25) is 4.79 Å². The average Bonchev–Trinajstić information content (AvgIpc) is 3.29. The summed E-state index contributed by atoms with van der Waals surface area (Å²) in [6.07, 6.45) is -1.95. The molecular formula is C18H20ClF3N4OS. The Morgan fingerprint density at radius 1 is 1.39 bits per heavy atom. The predicted molar refractivity (Wildman–Crippen MR) is 102 cm³/mol. The van der Waals surface area contributed by atoms with Crippen LogP contribution in [0, 0.1) is 0 Å². The van der Waals surface area contributed by atoms with Crippen LogP contribution in [0.5, 0.6) is 0 Å². The van der Waals surface area contributed by atoms with Crippen molar-refractivity contribution in [2.24, 2.45) is 0 Å². The Bertz CT molecular complexity index is 867. The lowest BCUT2D eigenvalue weighted by Crippen LogP contribution is -2.42. The second kappa shape index (κ2) is 7.26. The van der Waals surface area contributed by atoms with E-state index in [1.165, 1.54) is 11.3 Å². The van der Waals surface area contributed by atoms with E-state index in [0.29, 0.717) is 6.54 Å². The second-order valence-corrected chi connectivity index (χ2v) is 8.66. The van der Waals surface area contributed by atoms with E-state index >= 15 is 0 Å². The zero-order valence-corrected chi connectivity index (χ0v) is 16.7. The summed E-state index contributed by atoms with van der Waals surface area (Å²) in [5.74, 6) is -0.351. The van der Waals surface area contributed by atoms with Crippen LogP contribution < -0.4 is 5.32 Å². The summed E-state index contributed by atoms with van der Waals surface area (Å²) in [5, 5.41) is 8.88. The van der Waals surface area contributed by atoms with Crippen molar-refractivity contribution in [3.8, 4) is 0 Å². The molecule has 1 amide bonds. The molecule has 5 nitrogen and oxygen atoms in total. The highest BCUT2D eigenvalue weighted by molar-refractivity contribution is 7.10. The third-order valence-electron chi connectivity index (χ3n) is 5.45. The van der Waals surface area contributed by atoms with Crippen LogP contribution >= 0.6 is 22.9 Å². The number of likely N-dealkylation sites (tertiary alicyclic amines) is 1. The van der Waals surface area contributed by atoms with Crippen LogP contribution in [0.4, 0.5) is 19.0 Å². The molecule has 0 aromatic carbocycles. The number of hydrogen-bond donors (Lipinski definition) is 1. The van der Waals surface area contributed by atoms with Gasteiger partial charge in [-0.2, -0.15) is 18.3 Å². The molecule has 0 aliphatic carbocycles. The fraction of sp³-hybridized carbons (Fsp3) is 0.556. The van der Waals surface area contributed by atoms with Crippen molar-refractivity contribution in [3.05, 3.63) is 33.1 Å². The molecule has 1 unspecified atom stereocenters. The van der Waals surface area contributed by atoms with Crippen LogP contribution in [0.1, 0.15) is 60.1 Å². The molecule has 10 heteroatoms. The molecule has 152 valence electrons. The fourth-order valence-corrected chi connectivity index (χ4v) is 4.99. The van der Waals surface area contributed by atoms with Crippen molar-refractivity contribution >= 4 is 34.7 Å². The number of piperidine rings is 1. The van der Waals surface area contributed by atoms with E-state index < -0.39 is 24.2 Å². The zero-order valence-electron chi connectivity index (χ0n) is 15.2. The maximum atomic E-state index is 13.8. The van der Waals surface area contributed by atoms with Crippen LogP contribution in [-0.4, -0.2) is 39.4 Å². The van der Waals surface area contributed by atoms with Crippen molar-refractivity contribution in [1.82, 2.24) is 14.7 Å². The summed E-state index contributed by atoms with van der Waals surface area (Å²) in [6, 6.07) is 1.22. The van der Waals surface area contributed by atoms with Crippen molar-refractivity contribution in [1.29, 1.82) is 0 Å². The SMILES string of the molecule is CC1CCCCN1C(=O)c1nn2c(c1Cl)N[C@@H](c1cccs1)C[C@H]2C(F)(F)F. The molecule has 0 spiro atoms. The third kappa shape index (κ3) is 3.39. The lowest BCUT2D eigenvalue weighted by atomic mass is 10.0. The summed E-state index contributed by atoms with van der Waals surface area (Å²) < 4.78 is 42.2. The predicted octanol–water partition coefficient (Wildman–Crippen LogP) is 5.27. The van der Waals surface area contributed by atoms with Crippen LogP contribution in [0.3, 0.4) is 0 Å². The smallest absolute Gasteiger partial charge is 0.361 e. The van der Waals surface area contributed by atoms with Gasteiger partial charge in [0.25, 0.3) is 5.91 Å². The topological polar surface area (TPSA) is 50.2 Å². The number of nitrogens with one attached hydrogen (secondary N) is 1. The molecule has 3 atom stereocenters. The molecule has 0 radical (unpaired) electrons. The first-order valence-electron chi connectivity index (χ1n) is 9.23. The average molecular weight is 433 g/mol. The standard InChI is InChI=1S/C18H20ClF3N4OS/c1-10-5-2-3-7-25(10)17(27)15-14(19)16-23-11(12-6-4-8-28-12)9-13(18(20,21)22)26(16)24-15/h4,6,8,10-11,13,23H,2-3,5,7,9H2,1H3/t10?,11-,13+/m1/s1. The molecule has 1 N–H and O–H groups in total. The summed E-state index contributed by atoms with van der Waals surface area (Å²) in [6.45, 7) is 2.50. The van der Waals surface area contributed by atoms with E-state index in [-0.39, 0.29) is 29.0 Å². The van der Waals surface area contributed by atoms with Crippen molar-refractivity contribution in [2.45, 2.75) is 56.9 Å². The third-order valence-corrected chi connectivity index (χ3v) is 6.79. The molecule has 1 fully saturated rings. The Kier molecular flexibility index (Phi) is 5.07. The molecule has 2 aromatic heterocycles. The largest absolute Gasteiger partial charge is 0.410 e. The Balaban J connectivity index is 1.73. The number of hydrogen-bond acceptors (Lipinski definition) is 4. The van der Waals surface area contributed by atoms with Gasteiger partial charge in [0.2, 0.25) is 0 Å². The molecule has 1 saturated heterocycles. The van der Waals surface area contributed by atoms with E-state index in [1.807, 2.05) is 12.3 Å². The number of fused-ring (bicyclic) bond motifs is 1. The number of carbonyl (C=O) groups is 1. The van der Waals surface area contributed by atoms with Crippen LogP contribution in [0.25, 0.3) is 0 Å². The molecule has 4 rings (SSSR count). The number of thiophene rings is 1. The number of carbonyl (C=O) groups excluding carboxylic acids is 1. The highest BCUT2D eigenvalue weighted by atomic mass is 35.5. The Morgan fingerprint density at radius 3 is 2.82 bits per heavy atom. The van der Waals surface area contributed by atoms with Gasteiger partial charge in [0, 0.05) is 23.9 Å². The van der Waals surface area contributed by atoms with Gasteiger partial charge in [0.15, 0.2) is 11.7 Å². The number of nitrogens with zero attached hydrogens (tertiary/aromatic N) is 3. The first-order valence-corrected chi connectivity index (χ1v) is 10.5. The summed E-state index contributed by atoms with van der Waals surface area (Å²) >= 11 is 7.77. The molecular weight excluding hydrogens is 413 g/mol. The van der Waals surface area contributed by atoms with Gasteiger partial charge in [-0.25, -0.2) is 4.68 Å². The van der Waals surface area contributed by atoms with Crippen LogP contribution in [0.2, 0.25) is 5.02 Å². The van der Waals surface area contributed by atoms with Crippen LogP contribution in [-0.2, 0) is 0 Å². The first-order chi connectivity index (χ1) is 13.3. The minimum atomic E-state index is -4.50. The van der Waals surface area contributed by atoms with E-state index in [9.17, 15) is 18.0 Å². The highest BCUT2D eigenvalue weighted by Gasteiger charge is 2.48. The molecule has 2 aliphatic rings. The van der Waals surface area contributed by atoms with Gasteiger partial charge in [0.05, 0.1) is 6.04 Å². The molecule has 2 aromatic rings. The van der Waals surface area contributed by atoms with Crippen molar-refractivity contribution < 1.29 is 18.0 Å². The van der Waals surface area contributed by atoms with E-state index in [4.69, 9.17) is 11.6 Å². The maximum absolute atomic E-state index is 13.8. The van der Waals surface area contributed by atoms with Gasteiger partial charge >= 0.3 is 6.18 Å². The van der Waals surface area contributed by atoms with E-state index in [0.717, 1.165) is 28.8 Å². The van der Waals surface area contributed by atoms with E-state index in [2.05, 4.69) is 10.4 Å². The lowest BCUT2D eigenvalue weighted by Gasteiger charge is -2.33. The Labute approximate surface area is 169 Å². The summed E-state index contributed by atoms with van der Waals surface area (Å²) in [7, 11) is 0. The van der Waals surface area contributed by atoms with Gasteiger partial charge in [-0.1, -0.05) is 17.7 Å². The van der Waals surface area contributed by atoms with E-state index in [1.54, 1.807) is 17.0 Å². The Morgan fingerprint density at radius 2 is 2.18 bits per heavy atom. The van der Waals surface area contributed by atoms with Gasteiger partial charge in [0.1, 0.15) is 10.8 Å². The second-order valence-electron chi connectivity index (χ2n) is 7.30. The first kappa shape index (κ1) is 19.6. The van der Waals surface area contributed by atoms with Gasteiger partial charge < -0.3 is 10.2 Å². The number of amides is 1. The van der Waals surface area contributed by atoms with Gasteiger partial charge in [-0.15, -0.1) is 11.3 Å². The molecule has 0 saturated carbocycles. The Hall–Kier alpha value is -1.74. The normalized spacial score (nSPS) is 25.3. The minimum Gasteiger partial charge on any atom is -0.361 e. The zero-order chi connectivity index (χ0) is 20.1. The molecule has 2 aliphatic heterocycles. The minimum absolute atomic E-state index is 0.0151. The number of rotatable bonds is 2. The van der Waals surface area contributed by atoms with Crippen molar-refractivity contribution in [3.63, 3.8) is 0 Å². The quantitative estimate of drug-likeness (QED) is 0.703. The molecule has 4 heterocycles. The number of aromatic nitrogens is 2.